The van der Waals surface area contributed by atoms with Gasteiger partial charge in [-0.3, -0.25) is 0 Å². The van der Waals surface area contributed by atoms with E-state index in [9.17, 15) is 5.11 Å². The molecule has 2 rings (SSSR count). The zero-order valence-corrected chi connectivity index (χ0v) is 13.8. The van der Waals surface area contributed by atoms with E-state index >= 15 is 0 Å². The van der Waals surface area contributed by atoms with Crippen molar-refractivity contribution in [2.24, 2.45) is 0 Å². The molecule has 0 spiro atoms. The van der Waals surface area contributed by atoms with Crippen LogP contribution >= 0.6 is 15.9 Å². The van der Waals surface area contributed by atoms with Crippen LogP contribution < -0.4 is 4.74 Å². The van der Waals surface area contributed by atoms with Crippen LogP contribution in [0.2, 0.25) is 0 Å². The fourth-order valence-corrected chi connectivity index (χ4v) is 2.68. The first kappa shape index (κ1) is 16.0. The molecule has 0 aliphatic rings. The Morgan fingerprint density at radius 2 is 1.81 bits per heavy atom. The lowest BCUT2D eigenvalue weighted by atomic mass is 9.97. The quantitative estimate of drug-likeness (QED) is 0.803. The standard InChI is InChI=1S/C17H19BrO3/c1-20-15-8-9-16(18)13(12-15)10-11-17(19,21-2)14-6-4-3-5-7-14/h3-9,12,19H,10-11H2,1-2H3. The maximum atomic E-state index is 10.7. The van der Waals surface area contributed by atoms with Crippen molar-refractivity contribution in [1.29, 1.82) is 0 Å². The fraction of sp³-hybridized carbons (Fsp3) is 0.294. The molecular weight excluding hydrogens is 332 g/mol. The van der Waals surface area contributed by atoms with Crippen LogP contribution in [-0.2, 0) is 16.9 Å². The van der Waals surface area contributed by atoms with E-state index in [1.54, 1.807) is 7.11 Å². The molecular formula is C17H19BrO3. The van der Waals surface area contributed by atoms with Gasteiger partial charge < -0.3 is 14.6 Å². The highest BCUT2D eigenvalue weighted by molar-refractivity contribution is 9.10. The average Bonchev–Trinajstić information content (AvgIpc) is 2.54. The van der Waals surface area contributed by atoms with Crippen molar-refractivity contribution < 1.29 is 14.6 Å². The van der Waals surface area contributed by atoms with Crippen LogP contribution in [0, 0.1) is 0 Å². The largest absolute Gasteiger partial charge is 0.497 e. The van der Waals surface area contributed by atoms with Gasteiger partial charge in [-0.25, -0.2) is 0 Å². The van der Waals surface area contributed by atoms with Crippen molar-refractivity contribution in [3.05, 3.63) is 64.1 Å². The highest BCUT2D eigenvalue weighted by Crippen LogP contribution is 2.30. The van der Waals surface area contributed by atoms with E-state index in [4.69, 9.17) is 9.47 Å². The summed E-state index contributed by atoms with van der Waals surface area (Å²) in [4.78, 5) is 0. The normalized spacial score (nSPS) is 13.7. The molecule has 0 fully saturated rings. The van der Waals surface area contributed by atoms with E-state index in [-0.39, 0.29) is 0 Å². The second kappa shape index (κ2) is 7.07. The molecule has 0 aliphatic carbocycles. The van der Waals surface area contributed by atoms with Gasteiger partial charge in [0.25, 0.3) is 0 Å². The second-order valence-corrected chi connectivity index (χ2v) is 5.67. The highest BCUT2D eigenvalue weighted by atomic mass is 79.9. The lowest BCUT2D eigenvalue weighted by Crippen LogP contribution is -2.28. The summed E-state index contributed by atoms with van der Waals surface area (Å²) in [5, 5.41) is 10.7. The van der Waals surface area contributed by atoms with Gasteiger partial charge in [-0.15, -0.1) is 0 Å². The fourth-order valence-electron chi connectivity index (χ4n) is 2.24. The molecule has 4 heteroatoms. The maximum Gasteiger partial charge on any atom is 0.192 e. The Morgan fingerprint density at radius 3 is 2.43 bits per heavy atom. The Balaban J connectivity index is 2.17. The van der Waals surface area contributed by atoms with E-state index in [1.807, 2.05) is 48.5 Å². The summed E-state index contributed by atoms with van der Waals surface area (Å²) in [5.41, 5.74) is 1.83. The van der Waals surface area contributed by atoms with Crippen molar-refractivity contribution in [2.75, 3.05) is 14.2 Å². The van der Waals surface area contributed by atoms with Crippen molar-refractivity contribution in [3.63, 3.8) is 0 Å². The van der Waals surface area contributed by atoms with Crippen molar-refractivity contribution in [3.8, 4) is 5.75 Å². The molecule has 0 amide bonds. The lowest BCUT2D eigenvalue weighted by Gasteiger charge is -2.27. The molecule has 0 aliphatic heterocycles. The zero-order valence-electron chi connectivity index (χ0n) is 12.2. The number of ether oxygens (including phenoxy) is 2. The maximum absolute atomic E-state index is 10.7. The zero-order chi connectivity index (χ0) is 15.3. The Labute approximate surface area is 133 Å². The van der Waals surface area contributed by atoms with Crippen LogP contribution in [0.1, 0.15) is 17.5 Å². The first-order valence-electron chi connectivity index (χ1n) is 6.74. The van der Waals surface area contributed by atoms with Gasteiger partial charge in [0.1, 0.15) is 5.75 Å². The van der Waals surface area contributed by atoms with Gasteiger partial charge >= 0.3 is 0 Å². The number of hydrogen-bond donors (Lipinski definition) is 1. The highest BCUT2D eigenvalue weighted by Gasteiger charge is 2.28. The minimum Gasteiger partial charge on any atom is -0.497 e. The molecule has 21 heavy (non-hydrogen) atoms. The van der Waals surface area contributed by atoms with Gasteiger partial charge in [0.05, 0.1) is 7.11 Å². The van der Waals surface area contributed by atoms with Crippen molar-refractivity contribution in [1.82, 2.24) is 0 Å². The van der Waals surface area contributed by atoms with Gasteiger partial charge in [0.2, 0.25) is 0 Å². The smallest absolute Gasteiger partial charge is 0.192 e. The minimum absolute atomic E-state index is 0.458. The molecule has 1 unspecified atom stereocenters. The summed E-state index contributed by atoms with van der Waals surface area (Å²) in [6.45, 7) is 0. The number of benzene rings is 2. The summed E-state index contributed by atoms with van der Waals surface area (Å²) in [6, 6.07) is 15.2. The third kappa shape index (κ3) is 3.84. The van der Waals surface area contributed by atoms with Crippen LogP contribution in [0.4, 0.5) is 0 Å². The molecule has 0 heterocycles. The van der Waals surface area contributed by atoms with Crippen molar-refractivity contribution in [2.45, 2.75) is 18.6 Å². The molecule has 0 radical (unpaired) electrons. The molecule has 1 atom stereocenters. The number of aryl methyl sites for hydroxylation is 1. The minimum atomic E-state index is -1.29. The summed E-state index contributed by atoms with van der Waals surface area (Å²) < 4.78 is 11.6. The van der Waals surface area contributed by atoms with Gasteiger partial charge in [-0.2, -0.15) is 0 Å². The van der Waals surface area contributed by atoms with Crippen LogP contribution in [0.25, 0.3) is 0 Å². The van der Waals surface area contributed by atoms with E-state index in [2.05, 4.69) is 15.9 Å². The molecule has 1 N–H and O–H groups in total. The monoisotopic (exact) mass is 350 g/mol. The van der Waals surface area contributed by atoms with E-state index < -0.39 is 5.79 Å². The number of aliphatic hydroxyl groups is 1. The van der Waals surface area contributed by atoms with Crippen LogP contribution in [-0.4, -0.2) is 19.3 Å². The summed E-state index contributed by atoms with van der Waals surface area (Å²) in [7, 11) is 3.16. The van der Waals surface area contributed by atoms with Gasteiger partial charge in [-0.1, -0.05) is 46.3 Å². The lowest BCUT2D eigenvalue weighted by molar-refractivity contribution is -0.198. The topological polar surface area (TPSA) is 38.7 Å². The molecule has 2 aromatic carbocycles. The number of hydrogen-bond acceptors (Lipinski definition) is 3. The molecule has 0 saturated heterocycles. The first-order valence-corrected chi connectivity index (χ1v) is 7.54. The molecule has 0 bridgehead atoms. The summed E-state index contributed by atoms with van der Waals surface area (Å²) >= 11 is 3.53. The summed E-state index contributed by atoms with van der Waals surface area (Å²) in [6.07, 6.45) is 1.12. The molecule has 112 valence electrons. The van der Waals surface area contributed by atoms with E-state index in [0.717, 1.165) is 21.3 Å². The van der Waals surface area contributed by atoms with Crippen molar-refractivity contribution >= 4 is 15.9 Å². The predicted octanol–water partition coefficient (Wildman–Crippen LogP) is 3.88. The predicted molar refractivity (Wildman–Crippen MR) is 86.4 cm³/mol. The molecule has 2 aromatic rings. The number of methoxy groups -OCH3 is 2. The third-order valence-corrected chi connectivity index (χ3v) is 4.32. The Morgan fingerprint density at radius 1 is 1.10 bits per heavy atom. The van der Waals surface area contributed by atoms with Crippen LogP contribution in [0.3, 0.4) is 0 Å². The van der Waals surface area contributed by atoms with Gasteiger partial charge in [0.15, 0.2) is 5.79 Å². The Hall–Kier alpha value is -1.36. The van der Waals surface area contributed by atoms with E-state index in [0.29, 0.717) is 12.8 Å². The Bertz CT molecular complexity index is 586. The molecule has 0 aromatic heterocycles. The number of rotatable bonds is 6. The van der Waals surface area contributed by atoms with Crippen LogP contribution in [0.5, 0.6) is 5.75 Å². The summed E-state index contributed by atoms with van der Waals surface area (Å²) in [5.74, 6) is -0.488. The molecule has 0 saturated carbocycles. The van der Waals surface area contributed by atoms with Crippen LogP contribution in [0.15, 0.2) is 53.0 Å². The Kier molecular flexibility index (Phi) is 5.39. The molecule has 3 nitrogen and oxygen atoms in total. The van der Waals surface area contributed by atoms with Gasteiger partial charge in [0, 0.05) is 23.6 Å². The van der Waals surface area contributed by atoms with Gasteiger partial charge in [-0.05, 0) is 30.2 Å². The first-order chi connectivity index (χ1) is 10.1. The second-order valence-electron chi connectivity index (χ2n) is 4.81. The van der Waals surface area contributed by atoms with E-state index in [1.165, 1.54) is 7.11 Å². The number of halogens is 1. The average molecular weight is 351 g/mol. The SMILES string of the molecule is COc1ccc(Br)c(CCC(O)(OC)c2ccccc2)c1. The third-order valence-electron chi connectivity index (χ3n) is 3.55.